The number of carboxylic acids is 1. The molecule has 0 aliphatic rings. The summed E-state index contributed by atoms with van der Waals surface area (Å²) in [5.74, 6) is -1.86. The molecule has 0 saturated heterocycles. The number of hydrogen-bond acceptors (Lipinski definition) is 5. The summed E-state index contributed by atoms with van der Waals surface area (Å²) in [6.45, 7) is 1.54. The number of nitrogens with one attached hydrogen (secondary N) is 1. The fourth-order valence-corrected chi connectivity index (χ4v) is 1.17. The lowest BCUT2D eigenvalue weighted by Gasteiger charge is -2.08. The molecule has 0 aromatic carbocycles. The Balaban J connectivity index is 2.42. The van der Waals surface area contributed by atoms with Crippen LogP contribution >= 0.6 is 0 Å². The first kappa shape index (κ1) is 13.6. The van der Waals surface area contributed by atoms with Crippen molar-refractivity contribution in [2.75, 3.05) is 0 Å². The van der Waals surface area contributed by atoms with Crippen LogP contribution in [0.25, 0.3) is 0 Å². The second-order valence-corrected chi connectivity index (χ2v) is 3.60. The van der Waals surface area contributed by atoms with Crippen LogP contribution in [0.4, 0.5) is 5.82 Å². The number of hydrogen-bond donors (Lipinski definition) is 2. The molecule has 2 N–H and O–H groups in total. The molecule has 0 aliphatic carbocycles. The Bertz CT molecular complexity index is 469. The summed E-state index contributed by atoms with van der Waals surface area (Å²) in [6, 6.07) is -0.963. The lowest BCUT2D eigenvalue weighted by Crippen LogP contribution is -2.38. The summed E-state index contributed by atoms with van der Waals surface area (Å²) in [5.41, 5.74) is 0. The third-order valence-corrected chi connectivity index (χ3v) is 2.15. The molecular weight excluding hydrogens is 244 g/mol. The fraction of sp³-hybridized carbons (Fsp3) is 0.444. The van der Waals surface area contributed by atoms with E-state index in [9.17, 15) is 19.7 Å². The average molecular weight is 256 g/mol. The molecular formula is C9H12N4O5. The summed E-state index contributed by atoms with van der Waals surface area (Å²) in [4.78, 5) is 35.1. The van der Waals surface area contributed by atoms with Gasteiger partial charge in [-0.1, -0.05) is 0 Å². The van der Waals surface area contributed by atoms with Crippen molar-refractivity contribution in [3.63, 3.8) is 0 Å². The molecule has 98 valence electrons. The molecule has 18 heavy (non-hydrogen) atoms. The van der Waals surface area contributed by atoms with Gasteiger partial charge in [-0.3, -0.25) is 9.59 Å². The van der Waals surface area contributed by atoms with Crippen LogP contribution in [-0.2, 0) is 16.1 Å². The van der Waals surface area contributed by atoms with E-state index in [1.165, 1.54) is 24.0 Å². The molecule has 1 aromatic heterocycles. The second-order valence-electron chi connectivity index (χ2n) is 3.60. The third-order valence-electron chi connectivity index (χ3n) is 2.15. The van der Waals surface area contributed by atoms with Crippen LogP contribution < -0.4 is 5.32 Å². The average Bonchev–Trinajstić information content (AvgIpc) is 2.74. The zero-order valence-electron chi connectivity index (χ0n) is 9.57. The van der Waals surface area contributed by atoms with E-state index in [1.54, 1.807) is 0 Å². The number of nitro groups is 1. The molecule has 1 atom stereocenters. The summed E-state index contributed by atoms with van der Waals surface area (Å²) >= 11 is 0. The van der Waals surface area contributed by atoms with Crippen LogP contribution in [-0.4, -0.2) is 37.5 Å². The van der Waals surface area contributed by atoms with Crippen LogP contribution in [0.5, 0.6) is 0 Å². The Morgan fingerprint density at radius 2 is 2.33 bits per heavy atom. The zero-order valence-corrected chi connectivity index (χ0v) is 9.57. The van der Waals surface area contributed by atoms with Crippen LogP contribution in [0.1, 0.15) is 13.3 Å². The van der Waals surface area contributed by atoms with Gasteiger partial charge in [-0.2, -0.15) is 0 Å². The van der Waals surface area contributed by atoms with Crippen molar-refractivity contribution in [1.82, 2.24) is 14.9 Å². The Morgan fingerprint density at radius 1 is 1.67 bits per heavy atom. The molecule has 0 spiro atoms. The van der Waals surface area contributed by atoms with Crippen molar-refractivity contribution in [3.8, 4) is 0 Å². The maximum Gasteiger partial charge on any atom is 0.381 e. The van der Waals surface area contributed by atoms with Gasteiger partial charge in [-0.15, -0.1) is 0 Å². The first-order valence-corrected chi connectivity index (χ1v) is 5.08. The van der Waals surface area contributed by atoms with Gasteiger partial charge in [-0.25, -0.2) is 0 Å². The lowest BCUT2D eigenvalue weighted by molar-refractivity contribution is -0.389. The smallest absolute Gasteiger partial charge is 0.381 e. The molecule has 1 aromatic rings. The van der Waals surface area contributed by atoms with Crippen molar-refractivity contribution in [2.24, 2.45) is 0 Å². The van der Waals surface area contributed by atoms with E-state index >= 15 is 0 Å². The number of aliphatic carboxylic acids is 1. The van der Waals surface area contributed by atoms with Gasteiger partial charge in [0.05, 0.1) is 0 Å². The van der Waals surface area contributed by atoms with E-state index in [2.05, 4.69) is 10.3 Å². The van der Waals surface area contributed by atoms with Crippen molar-refractivity contribution in [1.29, 1.82) is 0 Å². The number of amides is 1. The highest BCUT2D eigenvalue weighted by Gasteiger charge is 2.14. The molecule has 1 amide bonds. The van der Waals surface area contributed by atoms with E-state index in [0.29, 0.717) is 0 Å². The van der Waals surface area contributed by atoms with Crippen molar-refractivity contribution in [3.05, 3.63) is 22.6 Å². The molecule has 1 heterocycles. The SMILES string of the molecule is C[C@H](NC(=O)CCn1cnc([N+](=O)[O-])c1)C(=O)O. The van der Waals surface area contributed by atoms with Gasteiger partial charge in [0.1, 0.15) is 12.2 Å². The topological polar surface area (TPSA) is 127 Å². The van der Waals surface area contributed by atoms with E-state index in [-0.39, 0.29) is 18.8 Å². The van der Waals surface area contributed by atoms with Gasteiger partial charge in [0, 0.05) is 13.0 Å². The molecule has 1 rings (SSSR count). The van der Waals surface area contributed by atoms with E-state index in [1.807, 2.05) is 0 Å². The predicted octanol–water partition coefficient (Wildman–Crippen LogP) is -0.229. The fourth-order valence-electron chi connectivity index (χ4n) is 1.17. The highest BCUT2D eigenvalue weighted by molar-refractivity contribution is 5.83. The third kappa shape index (κ3) is 3.85. The van der Waals surface area contributed by atoms with Gasteiger partial charge in [-0.05, 0) is 16.8 Å². The molecule has 0 fully saturated rings. The highest BCUT2D eigenvalue weighted by Crippen LogP contribution is 2.05. The Kier molecular flexibility index (Phi) is 4.35. The van der Waals surface area contributed by atoms with Gasteiger partial charge in [0.15, 0.2) is 0 Å². The van der Waals surface area contributed by atoms with Crippen LogP contribution in [0, 0.1) is 10.1 Å². The summed E-state index contributed by atoms with van der Waals surface area (Å²) < 4.78 is 1.39. The first-order valence-electron chi connectivity index (χ1n) is 5.08. The number of imidazole rings is 1. The minimum atomic E-state index is -1.12. The monoisotopic (exact) mass is 256 g/mol. The first-order chi connectivity index (χ1) is 8.40. The summed E-state index contributed by atoms with van der Waals surface area (Å²) in [6.07, 6.45) is 2.46. The van der Waals surface area contributed by atoms with E-state index < -0.39 is 22.8 Å². The normalized spacial score (nSPS) is 11.8. The second kappa shape index (κ2) is 5.75. The summed E-state index contributed by atoms with van der Waals surface area (Å²) in [7, 11) is 0. The maximum absolute atomic E-state index is 11.3. The molecule has 9 nitrogen and oxygen atoms in total. The Labute approximate surface area is 102 Å². The number of carbonyl (C=O) groups excluding carboxylic acids is 1. The maximum atomic E-state index is 11.3. The molecule has 0 bridgehead atoms. The van der Waals surface area contributed by atoms with E-state index in [4.69, 9.17) is 5.11 Å². The van der Waals surface area contributed by atoms with Crippen LogP contribution in [0.3, 0.4) is 0 Å². The van der Waals surface area contributed by atoms with Crippen molar-refractivity contribution in [2.45, 2.75) is 25.9 Å². The largest absolute Gasteiger partial charge is 0.480 e. The number of rotatable bonds is 6. The number of nitrogens with zero attached hydrogens (tertiary/aromatic N) is 3. The molecule has 0 radical (unpaired) electrons. The van der Waals surface area contributed by atoms with E-state index in [0.717, 1.165) is 0 Å². The number of carbonyl (C=O) groups is 2. The molecule has 0 aliphatic heterocycles. The van der Waals surface area contributed by atoms with Gasteiger partial charge < -0.3 is 25.1 Å². The van der Waals surface area contributed by atoms with Crippen molar-refractivity contribution < 1.29 is 19.6 Å². The van der Waals surface area contributed by atoms with Crippen LogP contribution in [0.15, 0.2) is 12.5 Å². The number of aryl methyl sites for hydroxylation is 1. The Hall–Kier alpha value is -2.45. The standard InChI is InChI=1S/C9H12N4O5/c1-6(9(15)16)11-8(14)2-3-12-4-7(10-5-12)13(17)18/h4-6H,2-3H2,1H3,(H,11,14)(H,15,16)/t6-/m0/s1. The predicted molar refractivity (Wildman–Crippen MR) is 58.7 cm³/mol. The zero-order chi connectivity index (χ0) is 13.7. The van der Waals surface area contributed by atoms with Gasteiger partial charge in [0.2, 0.25) is 12.2 Å². The summed E-state index contributed by atoms with van der Waals surface area (Å²) in [5, 5.41) is 21.2. The number of carboxylic acid groups (broad SMARTS) is 1. The van der Waals surface area contributed by atoms with Crippen molar-refractivity contribution >= 4 is 17.7 Å². The van der Waals surface area contributed by atoms with Gasteiger partial charge >= 0.3 is 11.8 Å². The Morgan fingerprint density at radius 3 is 2.83 bits per heavy atom. The minimum Gasteiger partial charge on any atom is -0.480 e. The molecule has 0 unspecified atom stereocenters. The molecule has 0 saturated carbocycles. The number of aromatic nitrogens is 2. The van der Waals surface area contributed by atoms with Gasteiger partial charge in [0.25, 0.3) is 0 Å². The molecule has 9 heteroatoms. The quantitative estimate of drug-likeness (QED) is 0.534. The lowest BCUT2D eigenvalue weighted by atomic mass is 10.3. The highest BCUT2D eigenvalue weighted by atomic mass is 16.6. The van der Waals surface area contributed by atoms with Crippen LogP contribution in [0.2, 0.25) is 0 Å². The minimum absolute atomic E-state index is 0.0190.